The van der Waals surface area contributed by atoms with Crippen LogP contribution in [-0.4, -0.2) is 43.9 Å². The Morgan fingerprint density at radius 3 is 2.92 bits per heavy atom. The molecule has 2 aromatic rings. The third-order valence-electron chi connectivity index (χ3n) is 4.42. The maximum absolute atomic E-state index is 12.8. The molecule has 1 aliphatic rings. The number of carbonyl (C=O) groups excluding carboxylic acids is 1. The largest absolute Gasteiger partial charge is 0.481 e. The van der Waals surface area contributed by atoms with E-state index in [1.807, 2.05) is 0 Å². The van der Waals surface area contributed by atoms with Crippen molar-refractivity contribution in [3.05, 3.63) is 46.5 Å². The summed E-state index contributed by atoms with van der Waals surface area (Å²) in [5.41, 5.74) is 0.120. The molecule has 1 saturated heterocycles. The Bertz CT molecular complexity index is 830. The van der Waals surface area contributed by atoms with Crippen LogP contribution in [-0.2, 0) is 4.79 Å². The number of amides is 1. The molecule has 3 rings (SSSR count). The van der Waals surface area contributed by atoms with Gasteiger partial charge in [-0.1, -0.05) is 6.07 Å². The number of hydrogen-bond donors (Lipinski definition) is 1. The fraction of sp³-hybridized carbons (Fsp3) is 0.412. The van der Waals surface area contributed by atoms with Crippen molar-refractivity contribution in [2.75, 3.05) is 6.54 Å². The minimum Gasteiger partial charge on any atom is -0.481 e. The van der Waals surface area contributed by atoms with Gasteiger partial charge in [0.2, 0.25) is 0 Å². The van der Waals surface area contributed by atoms with E-state index in [1.54, 1.807) is 29.3 Å². The summed E-state index contributed by atoms with van der Waals surface area (Å²) in [6, 6.07) is 5.04. The number of fused-ring (bicyclic) bond motifs is 1. The summed E-state index contributed by atoms with van der Waals surface area (Å²) >= 11 is 0. The molecule has 1 unspecified atom stereocenters. The van der Waals surface area contributed by atoms with Gasteiger partial charge in [-0.2, -0.15) is 0 Å². The second kappa shape index (κ2) is 6.82. The predicted octanol–water partition coefficient (Wildman–Crippen LogP) is 1.55. The molecule has 0 saturated carbocycles. The van der Waals surface area contributed by atoms with E-state index in [0.717, 1.165) is 19.3 Å². The number of carboxylic acid groups (broad SMARTS) is 1. The minimum atomic E-state index is -0.875. The number of piperidine rings is 1. The summed E-state index contributed by atoms with van der Waals surface area (Å²) < 4.78 is 1.35. The fourth-order valence-corrected chi connectivity index (χ4v) is 3.19. The minimum absolute atomic E-state index is 0.0173. The number of hydrogen-bond acceptors (Lipinski definition) is 4. The van der Waals surface area contributed by atoms with Crippen molar-refractivity contribution in [2.24, 2.45) is 0 Å². The van der Waals surface area contributed by atoms with Crippen molar-refractivity contribution in [1.82, 2.24) is 14.3 Å². The van der Waals surface area contributed by atoms with Gasteiger partial charge in [0, 0.05) is 31.4 Å². The SMILES string of the molecule is O=C(O)CCC1CCCCN1C(=O)c1cnc2ccccn2c1=O. The lowest BCUT2D eigenvalue weighted by molar-refractivity contribution is -0.137. The van der Waals surface area contributed by atoms with Crippen LogP contribution in [0.25, 0.3) is 5.65 Å². The maximum Gasteiger partial charge on any atom is 0.303 e. The summed E-state index contributed by atoms with van der Waals surface area (Å²) in [4.78, 5) is 42.1. The molecule has 3 heterocycles. The molecule has 7 heteroatoms. The van der Waals surface area contributed by atoms with Gasteiger partial charge < -0.3 is 10.0 Å². The van der Waals surface area contributed by atoms with E-state index in [0.29, 0.717) is 18.6 Å². The number of pyridine rings is 1. The van der Waals surface area contributed by atoms with Gasteiger partial charge in [0.25, 0.3) is 11.5 Å². The summed E-state index contributed by atoms with van der Waals surface area (Å²) in [6.45, 7) is 0.542. The standard InChI is InChI=1S/C17H19N3O4/c21-15(22)8-7-12-5-1-3-9-19(12)16(23)13-11-18-14-6-2-4-10-20(14)17(13)24/h2,4,6,10-12H,1,3,5,7-9H2,(H,21,22). The second-order valence-electron chi connectivity index (χ2n) is 5.99. The third-order valence-corrected chi connectivity index (χ3v) is 4.42. The lowest BCUT2D eigenvalue weighted by Crippen LogP contribution is -2.45. The number of likely N-dealkylation sites (tertiary alicyclic amines) is 1. The first kappa shape index (κ1) is 16.2. The van der Waals surface area contributed by atoms with Crippen molar-refractivity contribution in [2.45, 2.75) is 38.1 Å². The molecule has 1 aliphatic heterocycles. The molecule has 1 atom stereocenters. The van der Waals surface area contributed by atoms with E-state index in [2.05, 4.69) is 4.98 Å². The van der Waals surface area contributed by atoms with Crippen LogP contribution in [0.2, 0.25) is 0 Å². The van der Waals surface area contributed by atoms with Crippen LogP contribution in [0.1, 0.15) is 42.5 Å². The van der Waals surface area contributed by atoms with Crippen molar-refractivity contribution in [1.29, 1.82) is 0 Å². The first-order valence-corrected chi connectivity index (χ1v) is 8.07. The average Bonchev–Trinajstić information content (AvgIpc) is 2.60. The topological polar surface area (TPSA) is 92.0 Å². The third kappa shape index (κ3) is 3.15. The van der Waals surface area contributed by atoms with E-state index >= 15 is 0 Å². The Kier molecular flexibility index (Phi) is 4.59. The van der Waals surface area contributed by atoms with E-state index in [1.165, 1.54) is 10.6 Å². The van der Waals surface area contributed by atoms with Gasteiger partial charge >= 0.3 is 5.97 Å². The van der Waals surface area contributed by atoms with Crippen LogP contribution in [0.3, 0.4) is 0 Å². The lowest BCUT2D eigenvalue weighted by atomic mass is 9.97. The highest BCUT2D eigenvalue weighted by atomic mass is 16.4. The van der Waals surface area contributed by atoms with Crippen LogP contribution in [0.15, 0.2) is 35.4 Å². The van der Waals surface area contributed by atoms with Gasteiger partial charge in [-0.05, 0) is 37.8 Å². The fourth-order valence-electron chi connectivity index (χ4n) is 3.19. The first-order valence-electron chi connectivity index (χ1n) is 8.07. The Balaban J connectivity index is 1.90. The molecule has 24 heavy (non-hydrogen) atoms. The number of rotatable bonds is 4. The molecule has 1 N–H and O–H groups in total. The quantitative estimate of drug-likeness (QED) is 0.919. The van der Waals surface area contributed by atoms with E-state index in [-0.39, 0.29) is 23.9 Å². The molecule has 0 aliphatic carbocycles. The first-order chi connectivity index (χ1) is 11.6. The van der Waals surface area contributed by atoms with E-state index in [4.69, 9.17) is 5.11 Å². The molecule has 0 spiro atoms. The Hall–Kier alpha value is -2.70. The second-order valence-corrected chi connectivity index (χ2v) is 5.99. The van der Waals surface area contributed by atoms with E-state index in [9.17, 15) is 14.4 Å². The summed E-state index contributed by atoms with van der Waals surface area (Å²) in [6.07, 6.45) is 5.91. The van der Waals surface area contributed by atoms with Gasteiger partial charge in [0.15, 0.2) is 0 Å². The smallest absolute Gasteiger partial charge is 0.303 e. The molecule has 0 bridgehead atoms. The number of aliphatic carboxylic acids is 1. The predicted molar refractivity (Wildman–Crippen MR) is 87.0 cm³/mol. The number of carboxylic acids is 1. The van der Waals surface area contributed by atoms with Crippen molar-refractivity contribution in [3.63, 3.8) is 0 Å². The molecule has 0 radical (unpaired) electrons. The summed E-state index contributed by atoms with van der Waals surface area (Å²) in [5, 5.41) is 8.88. The zero-order chi connectivity index (χ0) is 17.1. The highest BCUT2D eigenvalue weighted by Crippen LogP contribution is 2.22. The maximum atomic E-state index is 12.8. The Labute approximate surface area is 138 Å². The number of carbonyl (C=O) groups is 2. The van der Waals surface area contributed by atoms with E-state index < -0.39 is 11.5 Å². The number of nitrogens with zero attached hydrogens (tertiary/aromatic N) is 3. The van der Waals surface area contributed by atoms with Crippen LogP contribution in [0.5, 0.6) is 0 Å². The lowest BCUT2D eigenvalue weighted by Gasteiger charge is -2.35. The molecule has 7 nitrogen and oxygen atoms in total. The summed E-state index contributed by atoms with van der Waals surface area (Å²) in [5.74, 6) is -1.23. The van der Waals surface area contributed by atoms with Gasteiger partial charge in [-0.15, -0.1) is 0 Å². The van der Waals surface area contributed by atoms with Crippen LogP contribution in [0.4, 0.5) is 0 Å². The molecular weight excluding hydrogens is 310 g/mol. The molecule has 1 amide bonds. The summed E-state index contributed by atoms with van der Waals surface area (Å²) in [7, 11) is 0. The molecular formula is C17H19N3O4. The van der Waals surface area contributed by atoms with Crippen molar-refractivity contribution >= 4 is 17.5 Å². The normalized spacial score (nSPS) is 17.8. The van der Waals surface area contributed by atoms with Crippen molar-refractivity contribution < 1.29 is 14.7 Å². The van der Waals surface area contributed by atoms with Crippen LogP contribution < -0.4 is 5.56 Å². The number of aromatic nitrogens is 2. The van der Waals surface area contributed by atoms with Crippen LogP contribution >= 0.6 is 0 Å². The Morgan fingerprint density at radius 1 is 1.29 bits per heavy atom. The van der Waals surface area contributed by atoms with Crippen molar-refractivity contribution in [3.8, 4) is 0 Å². The molecule has 0 aromatic carbocycles. The van der Waals surface area contributed by atoms with Crippen LogP contribution in [0, 0.1) is 0 Å². The van der Waals surface area contributed by atoms with Gasteiger partial charge in [-0.25, -0.2) is 4.98 Å². The zero-order valence-electron chi connectivity index (χ0n) is 13.2. The molecule has 2 aromatic heterocycles. The highest BCUT2D eigenvalue weighted by molar-refractivity contribution is 5.94. The van der Waals surface area contributed by atoms with Gasteiger partial charge in [0.05, 0.1) is 0 Å². The average molecular weight is 329 g/mol. The highest BCUT2D eigenvalue weighted by Gasteiger charge is 2.29. The molecule has 126 valence electrons. The van der Waals surface area contributed by atoms with Gasteiger partial charge in [-0.3, -0.25) is 18.8 Å². The monoisotopic (exact) mass is 329 g/mol. The zero-order valence-corrected chi connectivity index (χ0v) is 13.2. The van der Waals surface area contributed by atoms with Gasteiger partial charge in [0.1, 0.15) is 11.2 Å². The molecule has 1 fully saturated rings. The Morgan fingerprint density at radius 2 is 2.12 bits per heavy atom.